The van der Waals surface area contributed by atoms with E-state index in [1.165, 1.54) is 0 Å². The van der Waals surface area contributed by atoms with Crippen molar-refractivity contribution >= 4 is 5.97 Å². The van der Waals surface area contributed by atoms with Gasteiger partial charge in [0.15, 0.2) is 0 Å². The molecule has 0 radical (unpaired) electrons. The lowest BCUT2D eigenvalue weighted by Crippen LogP contribution is -2.61. The van der Waals surface area contributed by atoms with Crippen LogP contribution in [0.15, 0.2) is 0 Å². The van der Waals surface area contributed by atoms with Gasteiger partial charge in [-0.05, 0) is 62.2 Å². The van der Waals surface area contributed by atoms with Crippen molar-refractivity contribution in [3.8, 4) is 0 Å². The van der Waals surface area contributed by atoms with Gasteiger partial charge in [0.1, 0.15) is 17.3 Å². The molecule has 5 rings (SSSR count). The summed E-state index contributed by atoms with van der Waals surface area (Å²) in [6.07, 6.45) is 6.61. The van der Waals surface area contributed by atoms with Gasteiger partial charge < -0.3 is 14.6 Å². The highest BCUT2D eigenvalue weighted by molar-refractivity contribution is 5.75. The predicted molar refractivity (Wildman–Crippen MR) is 88.6 cm³/mol. The largest absolute Gasteiger partial charge is 0.481 e. The topological polar surface area (TPSA) is 62.4 Å². The highest BCUT2D eigenvalue weighted by atomic mass is 16.7. The fraction of sp³-hybridized carbons (Fsp3) is 0.950. The molecule has 0 aromatic heterocycles. The lowest BCUT2D eigenvalue weighted by atomic mass is 9.43. The minimum atomic E-state index is -0.610. The van der Waals surface area contributed by atoms with E-state index in [1.54, 1.807) is 0 Å². The number of aliphatic carboxylic acids is 1. The van der Waals surface area contributed by atoms with Gasteiger partial charge in [0, 0.05) is 0 Å². The first kappa shape index (κ1) is 15.6. The van der Waals surface area contributed by atoms with Crippen molar-refractivity contribution in [3.05, 3.63) is 0 Å². The summed E-state index contributed by atoms with van der Waals surface area (Å²) in [5, 5.41) is 9.95. The molecule has 0 aromatic rings. The molecule has 2 aliphatic heterocycles. The Morgan fingerprint density at radius 2 is 1.88 bits per heavy atom. The van der Waals surface area contributed by atoms with Gasteiger partial charge in [-0.3, -0.25) is 4.79 Å². The maximum Gasteiger partial charge on any atom is 0.309 e. The molecule has 2 heterocycles. The Bertz CT molecular complexity index is 617. The van der Waals surface area contributed by atoms with Crippen LogP contribution in [-0.2, 0) is 14.3 Å². The number of carboxylic acids is 1. The van der Waals surface area contributed by atoms with E-state index < -0.39 is 11.4 Å². The van der Waals surface area contributed by atoms with Crippen molar-refractivity contribution < 1.29 is 19.4 Å². The molecule has 2 saturated heterocycles. The first-order chi connectivity index (χ1) is 11.2. The summed E-state index contributed by atoms with van der Waals surface area (Å²) in [5.41, 5.74) is -0.570. The molecule has 3 saturated carbocycles. The van der Waals surface area contributed by atoms with Gasteiger partial charge in [-0.2, -0.15) is 0 Å². The Morgan fingerprint density at radius 3 is 2.54 bits per heavy atom. The fourth-order valence-electron chi connectivity index (χ4n) is 7.51. The van der Waals surface area contributed by atoms with Crippen LogP contribution in [0.25, 0.3) is 0 Å². The third-order valence-electron chi connectivity index (χ3n) is 8.98. The van der Waals surface area contributed by atoms with Crippen LogP contribution in [0.1, 0.15) is 66.2 Å². The van der Waals surface area contributed by atoms with Crippen molar-refractivity contribution in [2.75, 3.05) is 0 Å². The van der Waals surface area contributed by atoms with Crippen LogP contribution >= 0.6 is 0 Å². The maximum absolute atomic E-state index is 12.1. The molecular formula is C20H30O4. The van der Waals surface area contributed by atoms with E-state index in [-0.39, 0.29) is 34.7 Å². The van der Waals surface area contributed by atoms with Gasteiger partial charge in [-0.15, -0.1) is 0 Å². The summed E-state index contributed by atoms with van der Waals surface area (Å²) in [7, 11) is 0. The van der Waals surface area contributed by atoms with E-state index in [1.807, 2.05) is 6.92 Å². The monoisotopic (exact) mass is 334 g/mol. The van der Waals surface area contributed by atoms with Crippen molar-refractivity contribution in [2.45, 2.75) is 89.6 Å². The van der Waals surface area contributed by atoms with E-state index in [0.29, 0.717) is 11.8 Å². The van der Waals surface area contributed by atoms with Crippen molar-refractivity contribution in [3.63, 3.8) is 0 Å². The summed E-state index contributed by atoms with van der Waals surface area (Å²) in [6.45, 7) is 8.89. The summed E-state index contributed by atoms with van der Waals surface area (Å²) in [6, 6.07) is 0. The fourth-order valence-corrected chi connectivity index (χ4v) is 7.51. The Kier molecular flexibility index (Phi) is 2.73. The lowest BCUT2D eigenvalue weighted by Gasteiger charge is -2.58. The third kappa shape index (κ3) is 1.48. The zero-order valence-electron chi connectivity index (χ0n) is 15.3. The molecule has 3 aliphatic carbocycles. The van der Waals surface area contributed by atoms with Crippen LogP contribution in [0.5, 0.6) is 0 Å². The standard InChI is InChI=1S/C20H30O4/c1-11(2)19-9-6-12-17(3)7-5-8-18(4,16(21)22)13(17)10-14-20(12,23-14)15(19)24-19/h11-15H,5-10H2,1-4H3,(H,21,22)/t12-,13-,14-,15-,17-,18-,19+,20+/m1/s1. The van der Waals surface area contributed by atoms with Crippen LogP contribution < -0.4 is 0 Å². The summed E-state index contributed by atoms with van der Waals surface area (Å²) in [4.78, 5) is 12.1. The Hall–Kier alpha value is -0.610. The molecule has 24 heavy (non-hydrogen) atoms. The first-order valence-corrected chi connectivity index (χ1v) is 9.81. The summed E-state index contributed by atoms with van der Waals surface area (Å²) in [5.74, 6) is 0.615. The molecule has 0 amide bonds. The average Bonchev–Trinajstić information content (AvgIpc) is 3.38. The molecule has 1 N–H and O–H groups in total. The number of carboxylic acid groups (broad SMARTS) is 1. The lowest BCUT2D eigenvalue weighted by molar-refractivity contribution is -0.168. The van der Waals surface area contributed by atoms with E-state index in [2.05, 4.69) is 20.8 Å². The van der Waals surface area contributed by atoms with Gasteiger partial charge in [-0.25, -0.2) is 0 Å². The average molecular weight is 334 g/mol. The first-order valence-electron chi connectivity index (χ1n) is 9.81. The Morgan fingerprint density at radius 1 is 1.12 bits per heavy atom. The molecule has 0 aromatic carbocycles. The zero-order valence-corrected chi connectivity index (χ0v) is 15.3. The second-order valence-corrected chi connectivity index (χ2v) is 10.0. The van der Waals surface area contributed by atoms with Crippen LogP contribution in [0.3, 0.4) is 0 Å². The van der Waals surface area contributed by atoms with E-state index in [9.17, 15) is 9.90 Å². The molecule has 4 nitrogen and oxygen atoms in total. The quantitative estimate of drug-likeness (QED) is 0.783. The molecule has 134 valence electrons. The van der Waals surface area contributed by atoms with Crippen LogP contribution in [-0.4, -0.2) is 34.5 Å². The number of carbonyl (C=O) groups is 1. The summed E-state index contributed by atoms with van der Waals surface area (Å²) < 4.78 is 12.7. The third-order valence-corrected chi connectivity index (χ3v) is 8.98. The SMILES string of the molecule is CC(C)[C@@]12CC[C@@H]3[C@@]4(C)CCC[C@@](C)(C(=O)O)[C@@H]4C[C@H]4O[C@@]34[C@@H]1O2. The maximum atomic E-state index is 12.1. The summed E-state index contributed by atoms with van der Waals surface area (Å²) >= 11 is 0. The molecule has 4 heteroatoms. The second kappa shape index (κ2) is 4.20. The molecule has 5 fully saturated rings. The Labute approximate surface area is 144 Å². The van der Waals surface area contributed by atoms with Crippen LogP contribution in [0.2, 0.25) is 0 Å². The van der Waals surface area contributed by atoms with E-state index in [4.69, 9.17) is 9.47 Å². The molecule has 1 spiro atoms. The number of rotatable bonds is 2. The highest BCUT2D eigenvalue weighted by Crippen LogP contribution is 2.76. The van der Waals surface area contributed by atoms with E-state index >= 15 is 0 Å². The molecular weight excluding hydrogens is 304 g/mol. The van der Waals surface area contributed by atoms with Crippen molar-refractivity contribution in [2.24, 2.45) is 28.6 Å². The molecule has 8 atom stereocenters. The van der Waals surface area contributed by atoms with E-state index in [0.717, 1.165) is 38.5 Å². The van der Waals surface area contributed by atoms with Crippen molar-refractivity contribution in [1.29, 1.82) is 0 Å². The second-order valence-electron chi connectivity index (χ2n) is 10.0. The zero-order chi connectivity index (χ0) is 17.1. The number of hydrogen-bond acceptors (Lipinski definition) is 3. The molecule has 0 unspecified atom stereocenters. The van der Waals surface area contributed by atoms with Crippen molar-refractivity contribution in [1.82, 2.24) is 0 Å². The molecule has 5 aliphatic rings. The minimum absolute atomic E-state index is 0.0409. The number of hydrogen-bond donors (Lipinski definition) is 1. The number of epoxide rings is 2. The van der Waals surface area contributed by atoms with Crippen LogP contribution in [0.4, 0.5) is 0 Å². The number of fused-ring (bicyclic) bond motifs is 3. The highest BCUT2D eigenvalue weighted by Gasteiger charge is 2.85. The number of ether oxygens (including phenoxy) is 2. The van der Waals surface area contributed by atoms with Gasteiger partial charge in [0.2, 0.25) is 0 Å². The predicted octanol–water partition coefficient (Wildman–Crippen LogP) is 3.63. The molecule has 0 bridgehead atoms. The van der Waals surface area contributed by atoms with Crippen LogP contribution in [0, 0.1) is 28.6 Å². The minimum Gasteiger partial charge on any atom is -0.481 e. The smallest absolute Gasteiger partial charge is 0.309 e. The normalized spacial score (nSPS) is 60.5. The Balaban J connectivity index is 1.54. The van der Waals surface area contributed by atoms with Gasteiger partial charge in [-0.1, -0.05) is 27.2 Å². The van der Waals surface area contributed by atoms with Gasteiger partial charge in [0.25, 0.3) is 0 Å². The van der Waals surface area contributed by atoms with Gasteiger partial charge >= 0.3 is 5.97 Å². The van der Waals surface area contributed by atoms with Gasteiger partial charge in [0.05, 0.1) is 11.5 Å².